The molecule has 0 aromatic carbocycles. The maximum Gasteiger partial charge on any atom is 0.407 e. The molecule has 0 aliphatic rings. The summed E-state index contributed by atoms with van der Waals surface area (Å²) in [5.41, 5.74) is 5.32. The van der Waals surface area contributed by atoms with Crippen LogP contribution in [0.3, 0.4) is 0 Å². The van der Waals surface area contributed by atoms with Crippen molar-refractivity contribution in [2.45, 2.75) is 59.5 Å². The number of nitrogens with two attached hydrogens (primary N) is 1. The molecule has 0 saturated carbocycles. The molecule has 0 fully saturated rings. The number of alkyl carbamates (subject to hydrolysis) is 1. The van der Waals surface area contributed by atoms with E-state index in [0.29, 0.717) is 12.8 Å². The average Bonchev–Trinajstić information content (AvgIpc) is 2.36. The Labute approximate surface area is 132 Å². The largest absolute Gasteiger partial charge is 0.450 e. The zero-order valence-electron chi connectivity index (χ0n) is 14.1. The van der Waals surface area contributed by atoms with Crippen LogP contribution >= 0.6 is 0 Å². The van der Waals surface area contributed by atoms with Gasteiger partial charge in [-0.2, -0.15) is 0 Å². The molecule has 0 saturated heterocycles. The van der Waals surface area contributed by atoms with Crippen molar-refractivity contribution in [3.05, 3.63) is 0 Å². The van der Waals surface area contributed by atoms with Crippen molar-refractivity contribution in [2.75, 3.05) is 6.61 Å². The van der Waals surface area contributed by atoms with Gasteiger partial charge in [0.1, 0.15) is 12.1 Å². The molecule has 3 amide bonds. The van der Waals surface area contributed by atoms with Gasteiger partial charge in [-0.15, -0.1) is 0 Å². The second-order valence-electron chi connectivity index (χ2n) is 6.14. The summed E-state index contributed by atoms with van der Waals surface area (Å²) in [6.07, 6.45) is 0.245. The smallest absolute Gasteiger partial charge is 0.407 e. The van der Waals surface area contributed by atoms with E-state index in [1.54, 1.807) is 6.92 Å². The van der Waals surface area contributed by atoms with Crippen molar-refractivity contribution in [3.63, 3.8) is 0 Å². The zero-order valence-corrected chi connectivity index (χ0v) is 14.1. The molecule has 7 heteroatoms. The summed E-state index contributed by atoms with van der Waals surface area (Å²) >= 11 is 0. The second kappa shape index (κ2) is 10.0. The summed E-state index contributed by atoms with van der Waals surface area (Å²) in [6, 6.07) is -1.50. The first-order chi connectivity index (χ1) is 10.2. The average molecular weight is 315 g/mol. The van der Waals surface area contributed by atoms with Crippen LogP contribution in [0, 0.1) is 11.8 Å². The first-order valence-electron chi connectivity index (χ1n) is 7.70. The Morgan fingerprint density at radius 1 is 0.955 bits per heavy atom. The third-order valence-electron chi connectivity index (χ3n) is 2.96. The highest BCUT2D eigenvalue weighted by Crippen LogP contribution is 2.08. The van der Waals surface area contributed by atoms with Crippen molar-refractivity contribution >= 4 is 17.9 Å². The van der Waals surface area contributed by atoms with Crippen LogP contribution in [0.4, 0.5) is 4.79 Å². The lowest BCUT2D eigenvalue weighted by Crippen LogP contribution is -2.53. The van der Waals surface area contributed by atoms with Crippen molar-refractivity contribution in [1.29, 1.82) is 0 Å². The van der Waals surface area contributed by atoms with Crippen LogP contribution in [0.2, 0.25) is 0 Å². The Morgan fingerprint density at radius 2 is 1.45 bits per heavy atom. The van der Waals surface area contributed by atoms with Crippen LogP contribution in [0.1, 0.15) is 47.5 Å². The summed E-state index contributed by atoms with van der Waals surface area (Å²) in [5, 5.41) is 5.14. The molecule has 7 nitrogen and oxygen atoms in total. The maximum absolute atomic E-state index is 12.3. The van der Waals surface area contributed by atoms with Gasteiger partial charge in [0, 0.05) is 0 Å². The van der Waals surface area contributed by atoms with E-state index in [1.165, 1.54) is 0 Å². The first kappa shape index (κ1) is 20.2. The zero-order chi connectivity index (χ0) is 17.3. The first-order valence-corrected chi connectivity index (χ1v) is 7.70. The monoisotopic (exact) mass is 315 g/mol. The molecule has 4 N–H and O–H groups in total. The van der Waals surface area contributed by atoms with E-state index in [4.69, 9.17) is 10.5 Å². The lowest BCUT2D eigenvalue weighted by atomic mass is 10.0. The molecule has 0 spiro atoms. The molecule has 0 rings (SSSR count). The van der Waals surface area contributed by atoms with Gasteiger partial charge in [0.2, 0.25) is 11.8 Å². The van der Waals surface area contributed by atoms with Crippen molar-refractivity contribution in [2.24, 2.45) is 17.6 Å². The number of carbonyl (C=O) groups excluding carboxylic acids is 3. The fourth-order valence-corrected chi connectivity index (χ4v) is 2.01. The van der Waals surface area contributed by atoms with Crippen LogP contribution in [0.15, 0.2) is 0 Å². The Morgan fingerprint density at radius 3 is 1.86 bits per heavy atom. The third-order valence-corrected chi connectivity index (χ3v) is 2.96. The van der Waals surface area contributed by atoms with Gasteiger partial charge in [-0.25, -0.2) is 4.79 Å². The van der Waals surface area contributed by atoms with Gasteiger partial charge in [-0.05, 0) is 31.6 Å². The van der Waals surface area contributed by atoms with E-state index in [0.717, 1.165) is 0 Å². The molecule has 0 radical (unpaired) electrons. The number of rotatable bonds is 9. The predicted molar refractivity (Wildman–Crippen MR) is 84.0 cm³/mol. The molecule has 0 heterocycles. The molecule has 22 heavy (non-hydrogen) atoms. The van der Waals surface area contributed by atoms with Crippen LogP contribution in [0.5, 0.6) is 0 Å². The molecule has 0 aliphatic heterocycles. The van der Waals surface area contributed by atoms with Gasteiger partial charge in [0.05, 0.1) is 6.61 Å². The summed E-state index contributed by atoms with van der Waals surface area (Å²) in [6.45, 7) is 9.65. The van der Waals surface area contributed by atoms with Crippen LogP contribution in [-0.2, 0) is 14.3 Å². The summed E-state index contributed by atoms with van der Waals surface area (Å²) in [5.74, 6) is -0.609. The topological polar surface area (TPSA) is 111 Å². The van der Waals surface area contributed by atoms with Gasteiger partial charge in [-0.3, -0.25) is 9.59 Å². The van der Waals surface area contributed by atoms with E-state index in [1.807, 2.05) is 27.7 Å². The SMILES string of the molecule is CCOC(=O)N[C@@H](CC(C)C)C(=O)N[C@@H](CC(C)C)C(N)=O. The lowest BCUT2D eigenvalue weighted by molar-refractivity contribution is -0.129. The number of nitrogens with one attached hydrogen (secondary N) is 2. The van der Waals surface area contributed by atoms with Crippen LogP contribution in [0.25, 0.3) is 0 Å². The number of hydrogen-bond donors (Lipinski definition) is 3. The fourth-order valence-electron chi connectivity index (χ4n) is 2.01. The molecule has 128 valence electrons. The number of amides is 3. The van der Waals surface area contributed by atoms with Gasteiger partial charge >= 0.3 is 6.09 Å². The predicted octanol–water partition coefficient (Wildman–Crippen LogP) is 1.16. The van der Waals surface area contributed by atoms with Crippen molar-refractivity contribution in [3.8, 4) is 0 Å². The second-order valence-corrected chi connectivity index (χ2v) is 6.14. The van der Waals surface area contributed by atoms with Crippen molar-refractivity contribution in [1.82, 2.24) is 10.6 Å². The summed E-state index contributed by atoms with van der Waals surface area (Å²) < 4.78 is 4.80. The number of hydrogen-bond acceptors (Lipinski definition) is 4. The Hall–Kier alpha value is -1.79. The normalized spacial score (nSPS) is 13.6. The van der Waals surface area contributed by atoms with Gasteiger partial charge in [0.15, 0.2) is 0 Å². The quantitative estimate of drug-likeness (QED) is 0.593. The number of ether oxygens (including phenoxy) is 1. The van der Waals surface area contributed by atoms with E-state index < -0.39 is 30.0 Å². The molecule has 0 unspecified atom stereocenters. The molecule has 0 aliphatic carbocycles. The Balaban J connectivity index is 4.85. The number of carbonyl (C=O) groups is 3. The van der Waals surface area contributed by atoms with Gasteiger partial charge in [-0.1, -0.05) is 27.7 Å². The standard InChI is InChI=1S/C15H29N3O4/c1-6-22-15(21)18-12(8-10(4)5)14(20)17-11(13(16)19)7-9(2)3/h9-12H,6-8H2,1-5H3,(H2,16,19)(H,17,20)(H,18,21)/t11-,12-/m0/s1. The minimum absolute atomic E-state index is 0.190. The number of primary amides is 1. The summed E-state index contributed by atoms with van der Waals surface area (Å²) in [4.78, 5) is 35.3. The lowest BCUT2D eigenvalue weighted by Gasteiger charge is -2.23. The van der Waals surface area contributed by atoms with E-state index >= 15 is 0 Å². The van der Waals surface area contributed by atoms with Crippen LogP contribution < -0.4 is 16.4 Å². The summed E-state index contributed by atoms with van der Waals surface area (Å²) in [7, 11) is 0. The molecular formula is C15H29N3O4. The minimum Gasteiger partial charge on any atom is -0.450 e. The highest BCUT2D eigenvalue weighted by Gasteiger charge is 2.27. The van der Waals surface area contributed by atoms with E-state index in [9.17, 15) is 14.4 Å². The highest BCUT2D eigenvalue weighted by molar-refractivity contribution is 5.90. The fraction of sp³-hybridized carbons (Fsp3) is 0.800. The Bertz CT molecular complexity index is 383. The van der Waals surface area contributed by atoms with Crippen LogP contribution in [-0.4, -0.2) is 36.6 Å². The minimum atomic E-state index is -0.756. The van der Waals surface area contributed by atoms with Gasteiger partial charge in [0.25, 0.3) is 0 Å². The van der Waals surface area contributed by atoms with E-state index in [2.05, 4.69) is 10.6 Å². The highest BCUT2D eigenvalue weighted by atomic mass is 16.5. The Kier molecular flexibility index (Phi) is 9.21. The third kappa shape index (κ3) is 8.49. The molecule has 0 bridgehead atoms. The molecule has 0 aromatic heterocycles. The van der Waals surface area contributed by atoms with Crippen molar-refractivity contribution < 1.29 is 19.1 Å². The molecule has 2 atom stereocenters. The van der Waals surface area contributed by atoms with E-state index in [-0.39, 0.29) is 18.4 Å². The maximum atomic E-state index is 12.3. The van der Waals surface area contributed by atoms with Gasteiger partial charge < -0.3 is 21.1 Å². The molecular weight excluding hydrogens is 286 g/mol. The molecule has 0 aromatic rings.